The molecule has 0 aromatic heterocycles. The average molecular weight is 253 g/mol. The monoisotopic (exact) mass is 253 g/mol. The molecule has 1 rings (SSSR count). The fraction of sp³-hybridized carbons (Fsp3) is 0.462. The Morgan fingerprint density at radius 3 is 2.72 bits per heavy atom. The van der Waals surface area contributed by atoms with E-state index in [0.29, 0.717) is 24.7 Å². The van der Waals surface area contributed by atoms with Crippen LogP contribution in [0.25, 0.3) is 0 Å². The number of carboxylic acid groups (broad SMARTS) is 1. The van der Waals surface area contributed by atoms with Crippen LogP contribution in [-0.2, 0) is 11.3 Å². The zero-order valence-corrected chi connectivity index (χ0v) is 10.9. The number of nitrogens with one attached hydrogen (secondary N) is 1. The van der Waals surface area contributed by atoms with Crippen LogP contribution in [0.1, 0.15) is 19.4 Å². The number of methoxy groups -OCH3 is 1. The van der Waals surface area contributed by atoms with Gasteiger partial charge in [-0.25, -0.2) is 0 Å². The summed E-state index contributed by atoms with van der Waals surface area (Å²) in [5.41, 5.74) is 0.951. The van der Waals surface area contributed by atoms with Gasteiger partial charge < -0.3 is 19.9 Å². The predicted octanol–water partition coefficient (Wildman–Crippen LogP) is 1.66. The number of carboxylic acids is 1. The topological polar surface area (TPSA) is 67.8 Å². The summed E-state index contributed by atoms with van der Waals surface area (Å²) in [6, 6.07) is 4.96. The highest BCUT2D eigenvalue weighted by atomic mass is 16.5. The molecule has 18 heavy (non-hydrogen) atoms. The van der Waals surface area contributed by atoms with Gasteiger partial charge in [0.05, 0.1) is 13.7 Å². The Bertz CT molecular complexity index is 406. The number of ether oxygens (including phenoxy) is 2. The first-order valence-electron chi connectivity index (χ1n) is 5.84. The Hall–Kier alpha value is -1.75. The second-order valence-electron chi connectivity index (χ2n) is 3.86. The molecule has 2 N–H and O–H groups in total. The summed E-state index contributed by atoms with van der Waals surface area (Å²) in [7, 11) is 1.59. The van der Waals surface area contributed by atoms with Gasteiger partial charge in [0, 0.05) is 6.54 Å². The lowest BCUT2D eigenvalue weighted by Crippen LogP contribution is -2.33. The van der Waals surface area contributed by atoms with Crippen molar-refractivity contribution in [3.05, 3.63) is 23.8 Å². The van der Waals surface area contributed by atoms with Crippen molar-refractivity contribution in [2.24, 2.45) is 0 Å². The van der Waals surface area contributed by atoms with E-state index in [1.54, 1.807) is 14.0 Å². The molecule has 0 bridgehead atoms. The van der Waals surface area contributed by atoms with Gasteiger partial charge in [0.2, 0.25) is 0 Å². The Morgan fingerprint density at radius 2 is 2.17 bits per heavy atom. The molecule has 0 saturated carbocycles. The third-order valence-corrected chi connectivity index (χ3v) is 2.51. The van der Waals surface area contributed by atoms with Crippen molar-refractivity contribution >= 4 is 5.97 Å². The van der Waals surface area contributed by atoms with E-state index in [1.165, 1.54) is 0 Å². The molecule has 0 aliphatic heterocycles. The maximum atomic E-state index is 10.7. The van der Waals surface area contributed by atoms with Gasteiger partial charge in [0.15, 0.2) is 11.5 Å². The maximum absolute atomic E-state index is 10.7. The lowest BCUT2D eigenvalue weighted by atomic mass is 10.2. The first-order valence-corrected chi connectivity index (χ1v) is 5.84. The normalized spacial score (nSPS) is 11.9. The molecular weight excluding hydrogens is 234 g/mol. The summed E-state index contributed by atoms with van der Waals surface area (Å²) < 4.78 is 10.6. The Labute approximate surface area is 107 Å². The number of rotatable bonds is 7. The smallest absolute Gasteiger partial charge is 0.320 e. The van der Waals surface area contributed by atoms with Crippen LogP contribution in [0, 0.1) is 0 Å². The summed E-state index contributed by atoms with van der Waals surface area (Å²) in [4.78, 5) is 10.7. The number of hydrogen-bond donors (Lipinski definition) is 2. The Morgan fingerprint density at radius 1 is 1.44 bits per heavy atom. The van der Waals surface area contributed by atoms with E-state index in [1.807, 2.05) is 25.1 Å². The summed E-state index contributed by atoms with van der Waals surface area (Å²) in [6.07, 6.45) is 0. The minimum absolute atomic E-state index is 0.470. The van der Waals surface area contributed by atoms with Crippen molar-refractivity contribution in [3.8, 4) is 11.5 Å². The quantitative estimate of drug-likeness (QED) is 0.773. The molecule has 0 saturated heterocycles. The van der Waals surface area contributed by atoms with Crippen molar-refractivity contribution in [2.45, 2.75) is 26.4 Å². The van der Waals surface area contributed by atoms with Crippen LogP contribution < -0.4 is 14.8 Å². The van der Waals surface area contributed by atoms with E-state index in [0.717, 1.165) is 5.56 Å². The molecule has 0 aliphatic rings. The van der Waals surface area contributed by atoms with E-state index in [9.17, 15) is 4.79 Å². The van der Waals surface area contributed by atoms with E-state index in [4.69, 9.17) is 14.6 Å². The molecule has 5 nitrogen and oxygen atoms in total. The van der Waals surface area contributed by atoms with Crippen LogP contribution in [0.5, 0.6) is 11.5 Å². The van der Waals surface area contributed by atoms with Crippen molar-refractivity contribution in [2.75, 3.05) is 13.7 Å². The molecule has 0 unspecified atom stereocenters. The van der Waals surface area contributed by atoms with Crippen LogP contribution in [0.15, 0.2) is 18.2 Å². The molecule has 1 aromatic rings. The number of hydrogen-bond acceptors (Lipinski definition) is 4. The van der Waals surface area contributed by atoms with Crippen molar-refractivity contribution in [1.82, 2.24) is 5.32 Å². The maximum Gasteiger partial charge on any atom is 0.320 e. The molecule has 5 heteroatoms. The van der Waals surface area contributed by atoms with Gasteiger partial charge in [-0.2, -0.15) is 0 Å². The second kappa shape index (κ2) is 6.86. The lowest BCUT2D eigenvalue weighted by molar-refractivity contribution is -0.139. The van der Waals surface area contributed by atoms with E-state index >= 15 is 0 Å². The predicted molar refractivity (Wildman–Crippen MR) is 68.1 cm³/mol. The molecule has 100 valence electrons. The first kappa shape index (κ1) is 14.3. The summed E-state index contributed by atoms with van der Waals surface area (Å²) in [5, 5.41) is 11.7. The van der Waals surface area contributed by atoms with Crippen LogP contribution in [-0.4, -0.2) is 30.8 Å². The number of carbonyl (C=O) groups is 1. The molecule has 0 radical (unpaired) electrons. The van der Waals surface area contributed by atoms with E-state index < -0.39 is 12.0 Å². The SMILES string of the molecule is CCOc1cc(CN[C@@H](C)C(=O)O)ccc1OC. The van der Waals surface area contributed by atoms with Crippen LogP contribution in [0.4, 0.5) is 0 Å². The second-order valence-corrected chi connectivity index (χ2v) is 3.86. The fourth-order valence-corrected chi connectivity index (χ4v) is 1.46. The van der Waals surface area contributed by atoms with Gasteiger partial charge in [-0.15, -0.1) is 0 Å². The van der Waals surface area contributed by atoms with Gasteiger partial charge in [-0.1, -0.05) is 6.07 Å². The Kier molecular flexibility index (Phi) is 5.45. The highest BCUT2D eigenvalue weighted by Gasteiger charge is 2.10. The zero-order valence-electron chi connectivity index (χ0n) is 10.9. The van der Waals surface area contributed by atoms with Gasteiger partial charge >= 0.3 is 5.97 Å². The molecule has 0 amide bonds. The molecule has 0 aliphatic carbocycles. The van der Waals surface area contributed by atoms with Crippen LogP contribution >= 0.6 is 0 Å². The molecule has 0 spiro atoms. The molecule has 1 atom stereocenters. The van der Waals surface area contributed by atoms with Crippen molar-refractivity contribution in [3.63, 3.8) is 0 Å². The van der Waals surface area contributed by atoms with Gasteiger partial charge in [0.1, 0.15) is 6.04 Å². The van der Waals surface area contributed by atoms with Crippen molar-refractivity contribution in [1.29, 1.82) is 0 Å². The Balaban J connectivity index is 2.72. The van der Waals surface area contributed by atoms with Gasteiger partial charge in [-0.05, 0) is 31.5 Å². The first-order chi connectivity index (χ1) is 8.58. The fourth-order valence-electron chi connectivity index (χ4n) is 1.46. The molecular formula is C13H19NO4. The highest BCUT2D eigenvalue weighted by Crippen LogP contribution is 2.27. The van der Waals surface area contributed by atoms with E-state index in [-0.39, 0.29) is 0 Å². The van der Waals surface area contributed by atoms with Crippen LogP contribution in [0.2, 0.25) is 0 Å². The third-order valence-electron chi connectivity index (χ3n) is 2.51. The third kappa shape index (κ3) is 3.92. The molecule has 0 heterocycles. The van der Waals surface area contributed by atoms with E-state index in [2.05, 4.69) is 5.32 Å². The highest BCUT2D eigenvalue weighted by molar-refractivity contribution is 5.72. The molecule has 0 fully saturated rings. The summed E-state index contributed by atoms with van der Waals surface area (Å²) >= 11 is 0. The lowest BCUT2D eigenvalue weighted by Gasteiger charge is -2.13. The van der Waals surface area contributed by atoms with Gasteiger partial charge in [-0.3, -0.25) is 4.79 Å². The van der Waals surface area contributed by atoms with Gasteiger partial charge in [0.25, 0.3) is 0 Å². The minimum atomic E-state index is -0.867. The van der Waals surface area contributed by atoms with Crippen LogP contribution in [0.3, 0.4) is 0 Å². The molecule has 1 aromatic carbocycles. The number of aliphatic carboxylic acids is 1. The largest absolute Gasteiger partial charge is 0.493 e. The summed E-state index contributed by atoms with van der Waals surface area (Å²) in [6.45, 7) is 4.53. The van der Waals surface area contributed by atoms with Crippen molar-refractivity contribution < 1.29 is 19.4 Å². The standard InChI is InChI=1S/C13H19NO4/c1-4-18-12-7-10(5-6-11(12)17-3)8-14-9(2)13(15)16/h5-7,9,14H,4,8H2,1-3H3,(H,15,16)/t9-/m0/s1. The average Bonchev–Trinajstić information content (AvgIpc) is 2.36. The minimum Gasteiger partial charge on any atom is -0.493 e. The number of benzene rings is 1. The zero-order chi connectivity index (χ0) is 13.5. The summed E-state index contributed by atoms with van der Waals surface area (Å²) in [5.74, 6) is 0.475.